The molecule has 0 spiro atoms. The van der Waals surface area contributed by atoms with Crippen LogP contribution in [0.4, 0.5) is 0 Å². The summed E-state index contributed by atoms with van der Waals surface area (Å²) in [7, 11) is 0. The lowest BCUT2D eigenvalue weighted by molar-refractivity contribution is 0.297. The summed E-state index contributed by atoms with van der Waals surface area (Å²) < 4.78 is 7.76. The van der Waals surface area contributed by atoms with Crippen molar-refractivity contribution in [2.45, 2.75) is 33.4 Å². The van der Waals surface area contributed by atoms with Gasteiger partial charge in [-0.1, -0.05) is 32.0 Å². The van der Waals surface area contributed by atoms with Crippen molar-refractivity contribution >= 4 is 0 Å². The van der Waals surface area contributed by atoms with Gasteiger partial charge in [0.1, 0.15) is 5.75 Å². The molecule has 21 heavy (non-hydrogen) atoms. The van der Waals surface area contributed by atoms with Crippen molar-refractivity contribution < 1.29 is 4.74 Å². The van der Waals surface area contributed by atoms with E-state index in [0.717, 1.165) is 31.8 Å². The first-order valence-electron chi connectivity index (χ1n) is 7.65. The molecule has 4 nitrogen and oxygen atoms in total. The summed E-state index contributed by atoms with van der Waals surface area (Å²) in [5.41, 5.74) is 1.23. The smallest absolute Gasteiger partial charge is 0.119 e. The summed E-state index contributed by atoms with van der Waals surface area (Å²) >= 11 is 0. The highest BCUT2D eigenvalue weighted by molar-refractivity contribution is 5.20. The molecule has 0 amide bonds. The number of aromatic nitrogens is 2. The van der Waals surface area contributed by atoms with Crippen LogP contribution in [0.2, 0.25) is 0 Å². The quantitative estimate of drug-likeness (QED) is 0.720. The van der Waals surface area contributed by atoms with Crippen LogP contribution >= 0.6 is 0 Å². The van der Waals surface area contributed by atoms with Crippen molar-refractivity contribution in [2.24, 2.45) is 5.92 Å². The molecule has 0 saturated carbocycles. The largest absolute Gasteiger partial charge is 0.494 e. The molecule has 1 aromatic carbocycles. The predicted molar refractivity (Wildman–Crippen MR) is 85.3 cm³/mol. The third-order valence-electron chi connectivity index (χ3n) is 3.19. The van der Waals surface area contributed by atoms with Crippen molar-refractivity contribution in [3.8, 4) is 5.75 Å². The van der Waals surface area contributed by atoms with Gasteiger partial charge in [-0.3, -0.25) is 4.68 Å². The van der Waals surface area contributed by atoms with E-state index in [1.807, 2.05) is 36.5 Å². The Morgan fingerprint density at radius 3 is 2.76 bits per heavy atom. The number of rotatable bonds is 9. The molecular weight excluding hydrogens is 262 g/mol. The van der Waals surface area contributed by atoms with Crippen LogP contribution in [0.15, 0.2) is 42.6 Å². The fourth-order valence-corrected chi connectivity index (χ4v) is 2.12. The molecule has 0 radical (unpaired) electrons. The number of hydrogen-bond donors (Lipinski definition) is 1. The van der Waals surface area contributed by atoms with Gasteiger partial charge < -0.3 is 10.1 Å². The minimum Gasteiger partial charge on any atom is -0.494 e. The Kier molecular flexibility index (Phi) is 6.28. The van der Waals surface area contributed by atoms with Crippen molar-refractivity contribution in [1.29, 1.82) is 0 Å². The molecule has 0 aliphatic rings. The lowest BCUT2D eigenvalue weighted by Gasteiger charge is -2.10. The van der Waals surface area contributed by atoms with E-state index in [1.165, 1.54) is 5.69 Å². The minimum absolute atomic E-state index is 0.667. The summed E-state index contributed by atoms with van der Waals surface area (Å²) in [6.07, 6.45) is 2.82. The number of nitrogens with zero attached hydrogens (tertiary/aromatic N) is 2. The van der Waals surface area contributed by atoms with E-state index in [1.54, 1.807) is 0 Å². The molecule has 0 fully saturated rings. The highest BCUT2D eigenvalue weighted by Crippen LogP contribution is 2.09. The summed E-state index contributed by atoms with van der Waals surface area (Å²) in [6.45, 7) is 7.93. The zero-order valence-corrected chi connectivity index (χ0v) is 13.0. The van der Waals surface area contributed by atoms with Crippen molar-refractivity contribution in [2.75, 3.05) is 13.2 Å². The molecule has 114 valence electrons. The van der Waals surface area contributed by atoms with E-state index in [-0.39, 0.29) is 0 Å². The van der Waals surface area contributed by atoms with Crippen molar-refractivity contribution in [3.63, 3.8) is 0 Å². The van der Waals surface area contributed by atoms with Gasteiger partial charge in [0.25, 0.3) is 0 Å². The summed E-state index contributed by atoms with van der Waals surface area (Å²) in [6, 6.07) is 12.0. The maximum absolute atomic E-state index is 5.70. The molecule has 4 heteroatoms. The normalized spacial score (nSPS) is 11.0. The summed E-state index contributed by atoms with van der Waals surface area (Å²) in [5, 5.41) is 7.83. The van der Waals surface area contributed by atoms with E-state index in [9.17, 15) is 0 Å². The highest BCUT2D eigenvalue weighted by Gasteiger charge is 2.03. The second kappa shape index (κ2) is 8.47. The van der Waals surface area contributed by atoms with E-state index < -0.39 is 0 Å². The fraction of sp³-hybridized carbons (Fsp3) is 0.471. The van der Waals surface area contributed by atoms with Crippen LogP contribution in [0.1, 0.15) is 26.0 Å². The Bertz CT molecular complexity index is 508. The Hall–Kier alpha value is -1.81. The van der Waals surface area contributed by atoms with E-state index in [0.29, 0.717) is 12.5 Å². The van der Waals surface area contributed by atoms with E-state index in [4.69, 9.17) is 4.74 Å². The molecule has 1 N–H and O–H groups in total. The third kappa shape index (κ3) is 5.60. The molecule has 0 aliphatic heterocycles. The molecule has 0 unspecified atom stereocenters. The van der Waals surface area contributed by atoms with Crippen LogP contribution in [-0.2, 0) is 13.1 Å². The van der Waals surface area contributed by atoms with Crippen LogP contribution in [0, 0.1) is 5.92 Å². The monoisotopic (exact) mass is 287 g/mol. The maximum Gasteiger partial charge on any atom is 0.119 e. The van der Waals surface area contributed by atoms with Gasteiger partial charge in [0.2, 0.25) is 0 Å². The van der Waals surface area contributed by atoms with Crippen LogP contribution in [0.25, 0.3) is 0 Å². The molecule has 0 aliphatic carbocycles. The number of para-hydroxylation sites is 1. The predicted octanol–water partition coefficient (Wildman–Crippen LogP) is 3.10. The minimum atomic E-state index is 0.667. The first-order chi connectivity index (χ1) is 10.3. The third-order valence-corrected chi connectivity index (χ3v) is 3.19. The van der Waals surface area contributed by atoms with Crippen LogP contribution in [0.3, 0.4) is 0 Å². The zero-order chi connectivity index (χ0) is 14.9. The van der Waals surface area contributed by atoms with Gasteiger partial charge in [0.15, 0.2) is 0 Å². The zero-order valence-electron chi connectivity index (χ0n) is 13.0. The van der Waals surface area contributed by atoms with Crippen LogP contribution < -0.4 is 10.1 Å². The Morgan fingerprint density at radius 1 is 1.19 bits per heavy atom. The number of ether oxygens (including phenoxy) is 1. The van der Waals surface area contributed by atoms with Crippen LogP contribution in [0.5, 0.6) is 5.75 Å². The average molecular weight is 287 g/mol. The van der Waals surface area contributed by atoms with Gasteiger partial charge in [-0.2, -0.15) is 5.10 Å². The highest BCUT2D eigenvalue weighted by atomic mass is 16.5. The van der Waals surface area contributed by atoms with Crippen LogP contribution in [-0.4, -0.2) is 22.9 Å². The maximum atomic E-state index is 5.70. The second-order valence-corrected chi connectivity index (χ2v) is 5.59. The van der Waals surface area contributed by atoms with E-state index >= 15 is 0 Å². The van der Waals surface area contributed by atoms with Gasteiger partial charge in [0.05, 0.1) is 12.3 Å². The number of nitrogens with one attached hydrogen (secondary N) is 1. The average Bonchev–Trinajstić information content (AvgIpc) is 2.92. The molecule has 0 bridgehead atoms. The van der Waals surface area contributed by atoms with Crippen molar-refractivity contribution in [1.82, 2.24) is 15.1 Å². The number of hydrogen-bond acceptors (Lipinski definition) is 3. The SMILES string of the molecule is CC(C)CNCc1ccnn1CCCOc1ccccc1. The Labute approximate surface area is 127 Å². The molecule has 1 aromatic heterocycles. The van der Waals surface area contributed by atoms with Gasteiger partial charge >= 0.3 is 0 Å². The molecule has 2 rings (SSSR count). The van der Waals surface area contributed by atoms with Gasteiger partial charge in [0, 0.05) is 25.7 Å². The second-order valence-electron chi connectivity index (χ2n) is 5.59. The summed E-state index contributed by atoms with van der Waals surface area (Å²) in [5.74, 6) is 1.59. The van der Waals surface area contributed by atoms with E-state index in [2.05, 4.69) is 35.0 Å². The van der Waals surface area contributed by atoms with Gasteiger partial charge in [-0.15, -0.1) is 0 Å². The topological polar surface area (TPSA) is 39.1 Å². The van der Waals surface area contributed by atoms with Gasteiger partial charge in [-0.05, 0) is 30.7 Å². The number of aryl methyl sites for hydroxylation is 1. The Morgan fingerprint density at radius 2 is 2.00 bits per heavy atom. The summed E-state index contributed by atoms with van der Waals surface area (Å²) in [4.78, 5) is 0. The molecule has 1 heterocycles. The Balaban J connectivity index is 1.70. The molecule has 0 atom stereocenters. The first-order valence-corrected chi connectivity index (χ1v) is 7.65. The first kappa shape index (κ1) is 15.6. The molecule has 0 saturated heterocycles. The lowest BCUT2D eigenvalue weighted by Crippen LogP contribution is -2.21. The van der Waals surface area contributed by atoms with Crippen molar-refractivity contribution in [3.05, 3.63) is 48.3 Å². The molecular formula is C17H25N3O. The number of benzene rings is 1. The lowest BCUT2D eigenvalue weighted by atomic mass is 10.2. The standard InChI is InChI=1S/C17H25N3O/c1-15(2)13-18-14-16-9-10-19-20(16)11-6-12-21-17-7-4-3-5-8-17/h3-5,7-10,15,18H,6,11-14H2,1-2H3. The van der Waals surface area contributed by atoms with Gasteiger partial charge in [-0.25, -0.2) is 0 Å². The fourth-order valence-electron chi connectivity index (χ4n) is 2.12. The molecule has 2 aromatic rings.